The third-order valence-electron chi connectivity index (χ3n) is 2.66. The maximum absolute atomic E-state index is 11.9. The SMILES string of the molecule is CCCCOCCCNS(=O)(=O)c1ccc(C(=O)O)cn1. The molecule has 0 aliphatic carbocycles. The lowest BCUT2D eigenvalue weighted by Gasteiger charge is -2.06. The molecule has 0 fully saturated rings. The molecule has 8 heteroatoms. The van der Waals surface area contributed by atoms with Gasteiger partial charge in [-0.25, -0.2) is 22.9 Å². The molecule has 1 rings (SSSR count). The van der Waals surface area contributed by atoms with Gasteiger partial charge in [-0.05, 0) is 25.0 Å². The van der Waals surface area contributed by atoms with Crippen LogP contribution in [-0.2, 0) is 14.8 Å². The average Bonchev–Trinajstić information content (AvgIpc) is 2.46. The molecule has 0 radical (unpaired) electrons. The summed E-state index contributed by atoms with van der Waals surface area (Å²) in [5.74, 6) is -1.15. The number of pyridine rings is 1. The largest absolute Gasteiger partial charge is 0.478 e. The van der Waals surface area contributed by atoms with Crippen LogP contribution >= 0.6 is 0 Å². The molecular weight excluding hydrogens is 296 g/mol. The van der Waals surface area contributed by atoms with Crippen molar-refractivity contribution in [1.82, 2.24) is 9.71 Å². The first-order valence-electron chi connectivity index (χ1n) is 6.74. The number of nitrogens with one attached hydrogen (secondary N) is 1. The number of rotatable bonds is 10. The summed E-state index contributed by atoms with van der Waals surface area (Å²) < 4.78 is 31.5. The van der Waals surface area contributed by atoms with Crippen LogP contribution in [0, 0.1) is 0 Å². The molecule has 1 aromatic rings. The Morgan fingerprint density at radius 3 is 2.62 bits per heavy atom. The summed E-state index contributed by atoms with van der Waals surface area (Å²) in [6.45, 7) is 3.49. The number of aromatic carboxylic acids is 1. The van der Waals surface area contributed by atoms with E-state index in [0.29, 0.717) is 19.6 Å². The highest BCUT2D eigenvalue weighted by atomic mass is 32.2. The van der Waals surface area contributed by atoms with E-state index in [1.54, 1.807) is 0 Å². The third-order valence-corrected chi connectivity index (χ3v) is 4.03. The molecule has 7 nitrogen and oxygen atoms in total. The number of sulfonamides is 1. The maximum atomic E-state index is 11.9. The highest BCUT2D eigenvalue weighted by Gasteiger charge is 2.15. The minimum Gasteiger partial charge on any atom is -0.478 e. The van der Waals surface area contributed by atoms with Crippen LogP contribution in [0.15, 0.2) is 23.4 Å². The number of hydrogen-bond donors (Lipinski definition) is 2. The summed E-state index contributed by atoms with van der Waals surface area (Å²) in [6.07, 6.45) is 3.64. The number of carboxylic acids is 1. The van der Waals surface area contributed by atoms with E-state index >= 15 is 0 Å². The van der Waals surface area contributed by atoms with Crippen LogP contribution in [0.5, 0.6) is 0 Å². The van der Waals surface area contributed by atoms with Crippen LogP contribution in [0.3, 0.4) is 0 Å². The van der Waals surface area contributed by atoms with E-state index in [0.717, 1.165) is 19.0 Å². The van der Waals surface area contributed by atoms with Crippen LogP contribution in [-0.4, -0.2) is 44.2 Å². The molecule has 1 aromatic heterocycles. The molecule has 0 bridgehead atoms. The van der Waals surface area contributed by atoms with Crippen molar-refractivity contribution in [2.75, 3.05) is 19.8 Å². The molecule has 0 amide bonds. The van der Waals surface area contributed by atoms with Crippen LogP contribution in [0.2, 0.25) is 0 Å². The molecular formula is C13H20N2O5S. The van der Waals surface area contributed by atoms with Crippen molar-refractivity contribution in [3.8, 4) is 0 Å². The van der Waals surface area contributed by atoms with Crippen molar-refractivity contribution in [3.05, 3.63) is 23.9 Å². The minimum absolute atomic E-state index is 0.0572. The van der Waals surface area contributed by atoms with Gasteiger partial charge in [-0.15, -0.1) is 0 Å². The number of aromatic nitrogens is 1. The highest BCUT2D eigenvalue weighted by molar-refractivity contribution is 7.89. The van der Waals surface area contributed by atoms with Crippen LogP contribution in [0.25, 0.3) is 0 Å². The van der Waals surface area contributed by atoms with Gasteiger partial charge in [0.25, 0.3) is 10.0 Å². The van der Waals surface area contributed by atoms with E-state index in [-0.39, 0.29) is 17.1 Å². The van der Waals surface area contributed by atoms with Crippen molar-refractivity contribution < 1.29 is 23.1 Å². The second-order valence-corrected chi connectivity index (χ2v) is 6.12. The first kappa shape index (κ1) is 17.5. The number of nitrogens with zero attached hydrogens (tertiary/aromatic N) is 1. The topological polar surface area (TPSA) is 106 Å². The summed E-state index contributed by atoms with van der Waals surface area (Å²) in [6, 6.07) is 2.38. The Kier molecular flexibility index (Phi) is 7.27. The van der Waals surface area contributed by atoms with Gasteiger partial charge in [0.2, 0.25) is 0 Å². The normalized spacial score (nSPS) is 11.5. The quantitative estimate of drug-likeness (QED) is 0.630. The van der Waals surface area contributed by atoms with Gasteiger partial charge < -0.3 is 9.84 Å². The fraction of sp³-hybridized carbons (Fsp3) is 0.538. The molecule has 118 valence electrons. The molecule has 1 heterocycles. The Bertz CT molecular complexity index is 542. The molecule has 0 aromatic carbocycles. The Labute approximate surface area is 124 Å². The number of hydrogen-bond acceptors (Lipinski definition) is 5. The van der Waals surface area contributed by atoms with Gasteiger partial charge in [0.05, 0.1) is 5.56 Å². The van der Waals surface area contributed by atoms with Gasteiger partial charge in [-0.3, -0.25) is 0 Å². The van der Waals surface area contributed by atoms with E-state index in [4.69, 9.17) is 9.84 Å². The number of ether oxygens (including phenoxy) is 1. The van der Waals surface area contributed by atoms with E-state index in [9.17, 15) is 13.2 Å². The average molecular weight is 316 g/mol. The second kappa shape index (κ2) is 8.71. The van der Waals surface area contributed by atoms with Gasteiger partial charge in [0, 0.05) is 26.0 Å². The zero-order valence-electron chi connectivity index (χ0n) is 11.9. The molecule has 2 N–H and O–H groups in total. The summed E-state index contributed by atoms with van der Waals surface area (Å²) in [5.41, 5.74) is -0.0572. The smallest absolute Gasteiger partial charge is 0.337 e. The summed E-state index contributed by atoms with van der Waals surface area (Å²) in [5, 5.41) is 8.53. The predicted octanol–water partition coefficient (Wildman–Crippen LogP) is 1.26. The first-order valence-corrected chi connectivity index (χ1v) is 8.22. The molecule has 0 saturated heterocycles. The maximum Gasteiger partial charge on any atom is 0.337 e. The van der Waals surface area contributed by atoms with Crippen molar-refractivity contribution in [2.24, 2.45) is 0 Å². The summed E-state index contributed by atoms with van der Waals surface area (Å²) in [4.78, 5) is 14.3. The molecule has 0 aliphatic rings. The lowest BCUT2D eigenvalue weighted by molar-refractivity contribution is 0.0696. The Balaban J connectivity index is 2.41. The van der Waals surface area contributed by atoms with Gasteiger partial charge in [0.1, 0.15) is 0 Å². The number of carboxylic acid groups (broad SMARTS) is 1. The van der Waals surface area contributed by atoms with Crippen LogP contribution in [0.4, 0.5) is 0 Å². The van der Waals surface area contributed by atoms with Gasteiger partial charge in [-0.1, -0.05) is 13.3 Å². The fourth-order valence-electron chi connectivity index (χ4n) is 1.47. The number of carbonyl (C=O) groups is 1. The lowest BCUT2D eigenvalue weighted by Crippen LogP contribution is -2.26. The minimum atomic E-state index is -3.71. The molecule has 0 atom stereocenters. The van der Waals surface area contributed by atoms with Gasteiger partial charge in [-0.2, -0.15) is 0 Å². The zero-order chi connectivity index (χ0) is 15.7. The van der Waals surface area contributed by atoms with E-state index in [2.05, 4.69) is 16.6 Å². The number of unbranched alkanes of at least 4 members (excludes halogenated alkanes) is 1. The highest BCUT2D eigenvalue weighted by Crippen LogP contribution is 2.06. The van der Waals surface area contributed by atoms with Crippen molar-refractivity contribution in [3.63, 3.8) is 0 Å². The lowest BCUT2D eigenvalue weighted by atomic mass is 10.3. The monoisotopic (exact) mass is 316 g/mol. The predicted molar refractivity (Wildman–Crippen MR) is 76.7 cm³/mol. The molecule has 0 saturated carbocycles. The van der Waals surface area contributed by atoms with Crippen LogP contribution < -0.4 is 4.72 Å². The Morgan fingerprint density at radius 2 is 2.05 bits per heavy atom. The van der Waals surface area contributed by atoms with Gasteiger partial charge in [0.15, 0.2) is 5.03 Å². The van der Waals surface area contributed by atoms with Crippen molar-refractivity contribution in [2.45, 2.75) is 31.2 Å². The summed E-state index contributed by atoms with van der Waals surface area (Å²) >= 11 is 0. The van der Waals surface area contributed by atoms with Crippen molar-refractivity contribution in [1.29, 1.82) is 0 Å². The third kappa shape index (κ3) is 6.19. The van der Waals surface area contributed by atoms with E-state index < -0.39 is 16.0 Å². The second-order valence-electron chi connectivity index (χ2n) is 4.41. The zero-order valence-corrected chi connectivity index (χ0v) is 12.7. The first-order chi connectivity index (χ1) is 9.97. The molecule has 0 aliphatic heterocycles. The molecule has 21 heavy (non-hydrogen) atoms. The molecule has 0 unspecified atom stereocenters. The standard InChI is InChI=1S/C13H20N2O5S/c1-2-3-8-20-9-4-7-15-21(18,19)12-6-5-11(10-14-12)13(16)17/h5-6,10,15H,2-4,7-9H2,1H3,(H,16,17). The van der Waals surface area contributed by atoms with Crippen molar-refractivity contribution >= 4 is 16.0 Å². The Hall–Kier alpha value is -1.51. The Morgan fingerprint density at radius 1 is 1.33 bits per heavy atom. The molecule has 0 spiro atoms. The summed E-state index contributed by atoms with van der Waals surface area (Å²) in [7, 11) is -3.71. The van der Waals surface area contributed by atoms with Gasteiger partial charge >= 0.3 is 5.97 Å². The van der Waals surface area contributed by atoms with Crippen LogP contribution in [0.1, 0.15) is 36.5 Å². The van der Waals surface area contributed by atoms with E-state index in [1.807, 2.05) is 0 Å². The fourth-order valence-corrected chi connectivity index (χ4v) is 2.47. The van der Waals surface area contributed by atoms with E-state index in [1.165, 1.54) is 12.1 Å².